The van der Waals surface area contributed by atoms with E-state index in [4.69, 9.17) is 5.73 Å². The zero-order chi connectivity index (χ0) is 13.5. The van der Waals surface area contributed by atoms with E-state index in [0.29, 0.717) is 5.92 Å². The number of rotatable bonds is 6. The summed E-state index contributed by atoms with van der Waals surface area (Å²) in [6.45, 7) is 10.2. The number of nitrogens with one attached hydrogen (secondary N) is 1. The molecule has 3 unspecified atom stereocenters. The summed E-state index contributed by atoms with van der Waals surface area (Å²) in [5, 5.41) is 3.07. The van der Waals surface area contributed by atoms with Gasteiger partial charge in [-0.25, -0.2) is 0 Å². The highest BCUT2D eigenvalue weighted by atomic mass is 16.1. The summed E-state index contributed by atoms with van der Waals surface area (Å²) < 4.78 is 0. The largest absolute Gasteiger partial charge is 0.355 e. The first-order valence-corrected chi connectivity index (χ1v) is 7.34. The van der Waals surface area contributed by atoms with E-state index >= 15 is 0 Å². The van der Waals surface area contributed by atoms with Crippen LogP contribution in [-0.2, 0) is 4.79 Å². The minimum Gasteiger partial charge on any atom is -0.355 e. The molecule has 0 spiro atoms. The standard InChI is InChI=1S/C14H29N3O/c1-4-17(5-2)9-8-16-14(18)12-6-7-13(15)11(3)10-12/h11-13H,4-10,15H2,1-3H3,(H,16,18). The van der Waals surface area contributed by atoms with E-state index in [2.05, 4.69) is 31.0 Å². The molecule has 0 heterocycles. The third-order valence-corrected chi connectivity index (χ3v) is 4.23. The van der Waals surface area contributed by atoms with Gasteiger partial charge in [0.2, 0.25) is 5.91 Å². The molecule has 0 bridgehead atoms. The van der Waals surface area contributed by atoms with Crippen molar-refractivity contribution in [1.82, 2.24) is 10.2 Å². The smallest absolute Gasteiger partial charge is 0.223 e. The number of nitrogens with zero attached hydrogens (tertiary/aromatic N) is 1. The molecule has 0 saturated heterocycles. The molecule has 4 nitrogen and oxygen atoms in total. The summed E-state index contributed by atoms with van der Waals surface area (Å²) in [4.78, 5) is 14.4. The molecule has 4 heteroatoms. The van der Waals surface area contributed by atoms with Crippen molar-refractivity contribution in [2.75, 3.05) is 26.2 Å². The van der Waals surface area contributed by atoms with Gasteiger partial charge in [0.15, 0.2) is 0 Å². The van der Waals surface area contributed by atoms with Gasteiger partial charge in [-0.15, -0.1) is 0 Å². The Labute approximate surface area is 111 Å². The number of hydrogen-bond acceptors (Lipinski definition) is 3. The Hall–Kier alpha value is -0.610. The number of carbonyl (C=O) groups is 1. The molecule has 0 aromatic rings. The second-order valence-electron chi connectivity index (χ2n) is 5.47. The van der Waals surface area contributed by atoms with E-state index in [-0.39, 0.29) is 17.9 Å². The maximum absolute atomic E-state index is 12.0. The first kappa shape index (κ1) is 15.4. The van der Waals surface area contributed by atoms with Crippen LogP contribution in [0.5, 0.6) is 0 Å². The summed E-state index contributed by atoms with van der Waals surface area (Å²) in [6, 6.07) is 0.282. The maximum Gasteiger partial charge on any atom is 0.223 e. The van der Waals surface area contributed by atoms with Crippen LogP contribution in [0.15, 0.2) is 0 Å². The predicted molar refractivity (Wildman–Crippen MR) is 75.3 cm³/mol. The molecule has 1 aliphatic carbocycles. The summed E-state index contributed by atoms with van der Waals surface area (Å²) >= 11 is 0. The number of carbonyl (C=O) groups excluding carboxylic acids is 1. The normalized spacial score (nSPS) is 28.4. The van der Waals surface area contributed by atoms with Crippen LogP contribution in [0.2, 0.25) is 0 Å². The van der Waals surface area contributed by atoms with Crippen molar-refractivity contribution in [1.29, 1.82) is 0 Å². The first-order valence-electron chi connectivity index (χ1n) is 7.34. The third kappa shape index (κ3) is 4.58. The van der Waals surface area contributed by atoms with Crippen molar-refractivity contribution >= 4 is 5.91 Å². The van der Waals surface area contributed by atoms with Gasteiger partial charge in [-0.05, 0) is 38.3 Å². The average molecular weight is 255 g/mol. The monoisotopic (exact) mass is 255 g/mol. The molecule has 0 aromatic carbocycles. The van der Waals surface area contributed by atoms with Gasteiger partial charge in [0.25, 0.3) is 0 Å². The van der Waals surface area contributed by atoms with Crippen LogP contribution in [0.25, 0.3) is 0 Å². The summed E-state index contributed by atoms with van der Waals surface area (Å²) in [6.07, 6.45) is 2.87. The third-order valence-electron chi connectivity index (χ3n) is 4.23. The van der Waals surface area contributed by atoms with Gasteiger partial charge in [-0.2, -0.15) is 0 Å². The van der Waals surface area contributed by atoms with E-state index in [1.807, 2.05) is 0 Å². The summed E-state index contributed by atoms with van der Waals surface area (Å²) in [5.74, 6) is 0.870. The van der Waals surface area contributed by atoms with Gasteiger partial charge in [-0.1, -0.05) is 20.8 Å². The SMILES string of the molecule is CCN(CC)CCNC(=O)C1CCC(N)C(C)C1. The molecular formula is C14H29N3O. The van der Waals surface area contributed by atoms with Crippen molar-refractivity contribution in [3.05, 3.63) is 0 Å². The first-order chi connectivity index (χ1) is 8.58. The van der Waals surface area contributed by atoms with Crippen molar-refractivity contribution in [2.45, 2.75) is 46.1 Å². The molecule has 1 fully saturated rings. The lowest BCUT2D eigenvalue weighted by molar-refractivity contribution is -0.126. The Kier molecular flexibility index (Phi) is 6.65. The van der Waals surface area contributed by atoms with Crippen molar-refractivity contribution < 1.29 is 4.79 Å². The Bertz CT molecular complexity index is 253. The molecule has 1 rings (SSSR count). The Balaban J connectivity index is 2.24. The van der Waals surface area contributed by atoms with Crippen LogP contribution >= 0.6 is 0 Å². The van der Waals surface area contributed by atoms with Crippen LogP contribution in [0.1, 0.15) is 40.0 Å². The van der Waals surface area contributed by atoms with Gasteiger partial charge >= 0.3 is 0 Å². The van der Waals surface area contributed by atoms with Gasteiger partial charge in [0.1, 0.15) is 0 Å². The fraction of sp³-hybridized carbons (Fsp3) is 0.929. The molecular weight excluding hydrogens is 226 g/mol. The van der Waals surface area contributed by atoms with Crippen LogP contribution in [0.3, 0.4) is 0 Å². The zero-order valence-electron chi connectivity index (χ0n) is 12.1. The molecule has 1 amide bonds. The fourth-order valence-electron chi connectivity index (χ4n) is 2.68. The van der Waals surface area contributed by atoms with Crippen LogP contribution in [0.4, 0.5) is 0 Å². The van der Waals surface area contributed by atoms with Crippen molar-refractivity contribution in [3.8, 4) is 0 Å². The highest BCUT2D eigenvalue weighted by Gasteiger charge is 2.29. The highest BCUT2D eigenvalue weighted by molar-refractivity contribution is 5.78. The van der Waals surface area contributed by atoms with Crippen LogP contribution < -0.4 is 11.1 Å². The van der Waals surface area contributed by atoms with Crippen molar-refractivity contribution in [3.63, 3.8) is 0 Å². The lowest BCUT2D eigenvalue weighted by Crippen LogP contribution is -2.42. The zero-order valence-corrected chi connectivity index (χ0v) is 12.1. The van der Waals surface area contributed by atoms with Crippen molar-refractivity contribution in [2.24, 2.45) is 17.6 Å². The molecule has 106 valence electrons. The van der Waals surface area contributed by atoms with E-state index in [1.54, 1.807) is 0 Å². The number of amides is 1. The minimum absolute atomic E-state index is 0.177. The van der Waals surface area contributed by atoms with Gasteiger partial charge in [0.05, 0.1) is 0 Å². The highest BCUT2D eigenvalue weighted by Crippen LogP contribution is 2.27. The Morgan fingerprint density at radius 3 is 2.56 bits per heavy atom. The average Bonchev–Trinajstić information content (AvgIpc) is 2.37. The molecule has 18 heavy (non-hydrogen) atoms. The Morgan fingerprint density at radius 1 is 1.33 bits per heavy atom. The number of hydrogen-bond donors (Lipinski definition) is 2. The number of likely N-dealkylation sites (N-methyl/N-ethyl adjacent to an activating group) is 1. The van der Waals surface area contributed by atoms with E-state index < -0.39 is 0 Å². The Morgan fingerprint density at radius 2 is 2.00 bits per heavy atom. The lowest BCUT2D eigenvalue weighted by Gasteiger charge is -2.31. The van der Waals surface area contributed by atoms with Gasteiger partial charge in [-0.3, -0.25) is 4.79 Å². The minimum atomic E-state index is 0.177. The van der Waals surface area contributed by atoms with Gasteiger partial charge in [0, 0.05) is 25.0 Å². The maximum atomic E-state index is 12.0. The fourth-order valence-corrected chi connectivity index (χ4v) is 2.68. The van der Waals surface area contributed by atoms with Gasteiger partial charge < -0.3 is 16.0 Å². The molecule has 0 aromatic heterocycles. The predicted octanol–water partition coefficient (Wildman–Crippen LogP) is 1.21. The lowest BCUT2D eigenvalue weighted by atomic mass is 9.79. The van der Waals surface area contributed by atoms with E-state index in [0.717, 1.165) is 45.4 Å². The van der Waals surface area contributed by atoms with E-state index in [9.17, 15) is 4.79 Å². The second-order valence-corrected chi connectivity index (χ2v) is 5.47. The summed E-state index contributed by atoms with van der Waals surface area (Å²) in [5.41, 5.74) is 5.98. The quantitative estimate of drug-likeness (QED) is 0.750. The molecule has 1 aliphatic rings. The van der Waals surface area contributed by atoms with Crippen LogP contribution in [-0.4, -0.2) is 43.0 Å². The molecule has 0 radical (unpaired) electrons. The molecule has 0 aliphatic heterocycles. The molecule has 3 N–H and O–H groups in total. The molecule has 1 saturated carbocycles. The summed E-state index contributed by atoms with van der Waals surface area (Å²) in [7, 11) is 0. The second kappa shape index (κ2) is 7.74. The van der Waals surface area contributed by atoms with E-state index in [1.165, 1.54) is 0 Å². The van der Waals surface area contributed by atoms with Crippen LogP contribution in [0, 0.1) is 11.8 Å². The topological polar surface area (TPSA) is 58.4 Å². The number of nitrogens with two attached hydrogens (primary N) is 1. The molecule has 3 atom stereocenters.